The Kier molecular flexibility index (Phi) is 5.59. The number of fused-ring (bicyclic) bond motifs is 1. The van der Waals surface area contributed by atoms with Crippen molar-refractivity contribution in [1.29, 1.82) is 0 Å². The molecule has 1 aromatic heterocycles. The van der Waals surface area contributed by atoms with Crippen molar-refractivity contribution in [1.82, 2.24) is 4.57 Å². The largest absolute Gasteiger partial charge is 0.350 e. The Bertz CT molecular complexity index is 643. The van der Waals surface area contributed by atoms with Crippen LogP contribution in [0.3, 0.4) is 0 Å². The maximum Gasteiger partial charge on any atom is 0.0480 e. The first-order valence-electron chi connectivity index (χ1n) is 9.43. The van der Waals surface area contributed by atoms with Crippen LogP contribution in [0.1, 0.15) is 63.4 Å². The van der Waals surface area contributed by atoms with E-state index in [2.05, 4.69) is 48.7 Å². The van der Waals surface area contributed by atoms with E-state index < -0.39 is 0 Å². The first-order valence-corrected chi connectivity index (χ1v) is 9.43. The van der Waals surface area contributed by atoms with Crippen molar-refractivity contribution < 1.29 is 0 Å². The molecule has 1 aliphatic carbocycles. The van der Waals surface area contributed by atoms with E-state index in [1.807, 2.05) is 0 Å². The Balaban J connectivity index is 1.45. The number of para-hydroxylation sites is 1. The molecule has 2 aromatic rings. The van der Waals surface area contributed by atoms with Gasteiger partial charge in [-0.2, -0.15) is 0 Å². The summed E-state index contributed by atoms with van der Waals surface area (Å²) in [6.07, 6.45) is 15.9. The van der Waals surface area contributed by atoms with Crippen LogP contribution in [0.5, 0.6) is 0 Å². The van der Waals surface area contributed by atoms with Crippen LogP contribution in [0.4, 0.5) is 0 Å². The molecule has 1 heterocycles. The summed E-state index contributed by atoms with van der Waals surface area (Å²) < 4.78 is 2.25. The number of aromatic nitrogens is 1. The first-order chi connectivity index (χ1) is 11.2. The van der Waals surface area contributed by atoms with E-state index in [9.17, 15) is 0 Å². The summed E-state index contributed by atoms with van der Waals surface area (Å²) in [7, 11) is 2.14. The van der Waals surface area contributed by atoms with Crippen molar-refractivity contribution in [2.24, 2.45) is 13.0 Å². The van der Waals surface area contributed by atoms with E-state index in [0.717, 1.165) is 18.8 Å². The Labute approximate surface area is 141 Å². The fourth-order valence-electron chi connectivity index (χ4n) is 4.18. The number of rotatable bonds is 7. The van der Waals surface area contributed by atoms with Crippen LogP contribution in [0.2, 0.25) is 0 Å². The molecule has 0 unspecified atom stereocenters. The fraction of sp³-hybridized carbons (Fsp3) is 0.545. The van der Waals surface area contributed by atoms with Gasteiger partial charge in [0.2, 0.25) is 0 Å². The normalized spacial score (nSPS) is 16.0. The molecule has 1 heteroatoms. The van der Waals surface area contributed by atoms with Gasteiger partial charge in [-0.05, 0) is 43.2 Å². The second-order valence-corrected chi connectivity index (χ2v) is 7.43. The molecule has 1 aliphatic rings. The molecule has 0 amide bonds. The van der Waals surface area contributed by atoms with Crippen LogP contribution in [0.25, 0.3) is 10.9 Å². The molecule has 1 aromatic carbocycles. The van der Waals surface area contributed by atoms with E-state index in [1.54, 1.807) is 0 Å². The average Bonchev–Trinajstić information content (AvgIpc) is 2.91. The molecule has 0 N–H and O–H groups in total. The van der Waals surface area contributed by atoms with E-state index in [4.69, 9.17) is 0 Å². The minimum absolute atomic E-state index is 1.01. The van der Waals surface area contributed by atoms with Gasteiger partial charge in [-0.15, -0.1) is 0 Å². The summed E-state index contributed by atoms with van der Waals surface area (Å²) >= 11 is 0. The molecule has 1 nitrogen and oxygen atoms in total. The fourth-order valence-corrected chi connectivity index (χ4v) is 4.18. The van der Waals surface area contributed by atoms with Crippen LogP contribution in [-0.2, 0) is 13.5 Å². The highest BCUT2D eigenvalue weighted by atomic mass is 14.9. The lowest BCUT2D eigenvalue weighted by atomic mass is 9.85. The molecule has 124 valence electrons. The van der Waals surface area contributed by atoms with Gasteiger partial charge in [0.25, 0.3) is 0 Å². The lowest BCUT2D eigenvalue weighted by Crippen LogP contribution is -2.05. The number of nitrogens with zero attached hydrogens (tertiary/aromatic N) is 1. The van der Waals surface area contributed by atoms with Gasteiger partial charge in [-0.25, -0.2) is 0 Å². The van der Waals surface area contributed by atoms with Gasteiger partial charge in [0.15, 0.2) is 0 Å². The lowest BCUT2D eigenvalue weighted by molar-refractivity contribution is 0.332. The molecule has 0 aliphatic heterocycles. The first kappa shape index (κ1) is 16.4. The van der Waals surface area contributed by atoms with Crippen molar-refractivity contribution in [2.45, 2.75) is 64.2 Å². The summed E-state index contributed by atoms with van der Waals surface area (Å²) in [4.78, 5) is 0. The SMILES string of the molecule is C=C(CCCC1CCCCC1)CCc1cn(C)c2ccccc12. The van der Waals surface area contributed by atoms with Crippen LogP contribution >= 0.6 is 0 Å². The highest BCUT2D eigenvalue weighted by molar-refractivity contribution is 5.83. The average molecular weight is 309 g/mol. The monoisotopic (exact) mass is 309 g/mol. The van der Waals surface area contributed by atoms with Gasteiger partial charge in [-0.1, -0.05) is 68.9 Å². The van der Waals surface area contributed by atoms with E-state index >= 15 is 0 Å². The summed E-state index contributed by atoms with van der Waals surface area (Å²) in [5, 5.41) is 1.41. The number of benzene rings is 1. The topological polar surface area (TPSA) is 4.93 Å². The molecular formula is C22H31N. The van der Waals surface area contributed by atoms with Gasteiger partial charge in [0.05, 0.1) is 0 Å². The molecule has 0 spiro atoms. The number of aryl methyl sites for hydroxylation is 2. The highest BCUT2D eigenvalue weighted by Crippen LogP contribution is 2.29. The van der Waals surface area contributed by atoms with Crippen LogP contribution in [-0.4, -0.2) is 4.57 Å². The van der Waals surface area contributed by atoms with Gasteiger partial charge in [-0.3, -0.25) is 0 Å². The molecular weight excluding hydrogens is 278 g/mol. The number of allylic oxidation sites excluding steroid dienone is 1. The Morgan fingerprint density at radius 3 is 2.74 bits per heavy atom. The Morgan fingerprint density at radius 1 is 1.13 bits per heavy atom. The van der Waals surface area contributed by atoms with Crippen LogP contribution in [0, 0.1) is 5.92 Å². The Morgan fingerprint density at radius 2 is 1.91 bits per heavy atom. The molecule has 1 fully saturated rings. The molecule has 0 radical (unpaired) electrons. The number of hydrogen-bond acceptors (Lipinski definition) is 0. The summed E-state index contributed by atoms with van der Waals surface area (Å²) in [6.45, 7) is 4.33. The van der Waals surface area contributed by atoms with Gasteiger partial charge >= 0.3 is 0 Å². The third kappa shape index (κ3) is 4.28. The second kappa shape index (κ2) is 7.86. The zero-order chi connectivity index (χ0) is 16.1. The maximum absolute atomic E-state index is 4.33. The second-order valence-electron chi connectivity index (χ2n) is 7.43. The molecule has 0 atom stereocenters. The van der Waals surface area contributed by atoms with Crippen molar-refractivity contribution >= 4 is 10.9 Å². The third-order valence-corrected chi connectivity index (χ3v) is 5.59. The van der Waals surface area contributed by atoms with Crippen molar-refractivity contribution in [3.63, 3.8) is 0 Å². The third-order valence-electron chi connectivity index (χ3n) is 5.59. The van der Waals surface area contributed by atoms with Crippen molar-refractivity contribution in [3.8, 4) is 0 Å². The summed E-state index contributed by atoms with van der Waals surface area (Å²) in [5.74, 6) is 1.01. The van der Waals surface area contributed by atoms with Crippen molar-refractivity contribution in [3.05, 3.63) is 48.2 Å². The highest BCUT2D eigenvalue weighted by Gasteiger charge is 2.13. The zero-order valence-electron chi connectivity index (χ0n) is 14.7. The lowest BCUT2D eigenvalue weighted by Gasteiger charge is -2.21. The predicted molar refractivity (Wildman–Crippen MR) is 101 cm³/mol. The van der Waals surface area contributed by atoms with E-state index in [-0.39, 0.29) is 0 Å². The molecule has 1 saturated carbocycles. The minimum Gasteiger partial charge on any atom is -0.350 e. The van der Waals surface area contributed by atoms with Gasteiger partial charge < -0.3 is 4.57 Å². The summed E-state index contributed by atoms with van der Waals surface area (Å²) in [5.41, 5.74) is 4.25. The van der Waals surface area contributed by atoms with Crippen LogP contribution < -0.4 is 0 Å². The van der Waals surface area contributed by atoms with E-state index in [0.29, 0.717) is 0 Å². The molecule has 23 heavy (non-hydrogen) atoms. The quantitative estimate of drug-likeness (QED) is 0.520. The minimum atomic E-state index is 1.01. The smallest absolute Gasteiger partial charge is 0.0480 e. The molecule has 0 saturated heterocycles. The molecule has 0 bridgehead atoms. The summed E-state index contributed by atoms with van der Waals surface area (Å²) in [6, 6.07) is 8.72. The van der Waals surface area contributed by atoms with Crippen molar-refractivity contribution in [2.75, 3.05) is 0 Å². The van der Waals surface area contributed by atoms with Crippen LogP contribution in [0.15, 0.2) is 42.6 Å². The Hall–Kier alpha value is -1.50. The maximum atomic E-state index is 4.33. The van der Waals surface area contributed by atoms with E-state index in [1.165, 1.54) is 73.4 Å². The standard InChI is InChI=1S/C22H31N/c1-18(9-8-12-19-10-4-3-5-11-19)15-16-20-17-23(2)22-14-7-6-13-21(20)22/h6-7,13-14,17,19H,1,3-5,8-12,15-16H2,2H3. The van der Waals surface area contributed by atoms with Gasteiger partial charge in [0, 0.05) is 24.1 Å². The number of hydrogen-bond donors (Lipinski definition) is 0. The predicted octanol–water partition coefficient (Wildman–Crippen LogP) is 6.42. The molecule has 3 rings (SSSR count). The van der Waals surface area contributed by atoms with Gasteiger partial charge in [0.1, 0.15) is 0 Å². The zero-order valence-corrected chi connectivity index (χ0v) is 14.7.